The molecule has 4 N–H and O–H groups in total. The second-order valence-corrected chi connectivity index (χ2v) is 10.3. The molecule has 1 saturated heterocycles. The fourth-order valence-electron chi connectivity index (χ4n) is 5.40. The molecule has 2 aliphatic heterocycles. The first-order chi connectivity index (χ1) is 18.8. The highest BCUT2D eigenvalue weighted by Crippen LogP contribution is 2.35. The van der Waals surface area contributed by atoms with Crippen LogP contribution in [0.3, 0.4) is 0 Å². The van der Waals surface area contributed by atoms with Gasteiger partial charge in [0, 0.05) is 41.3 Å². The number of aryl methyl sites for hydroxylation is 1. The molecule has 3 aromatic rings. The third-order valence-corrected chi connectivity index (χ3v) is 7.62. The molecular formula is C31H35N5O3. The van der Waals surface area contributed by atoms with E-state index in [1.165, 1.54) is 12.8 Å². The molecule has 2 aromatic carbocycles. The molecule has 8 nitrogen and oxygen atoms in total. The number of carbonyl (C=O) groups is 3. The van der Waals surface area contributed by atoms with Crippen molar-refractivity contribution in [1.82, 2.24) is 20.5 Å². The maximum Gasteiger partial charge on any atom is 0.256 e. The highest BCUT2D eigenvalue weighted by atomic mass is 16.2. The Morgan fingerprint density at radius 3 is 2.54 bits per heavy atom. The Bertz CT molecular complexity index is 1430. The van der Waals surface area contributed by atoms with E-state index in [-0.39, 0.29) is 23.8 Å². The lowest BCUT2D eigenvalue weighted by atomic mass is 10.0. The van der Waals surface area contributed by atoms with Crippen LogP contribution in [0.2, 0.25) is 0 Å². The van der Waals surface area contributed by atoms with Crippen molar-refractivity contribution in [2.75, 3.05) is 31.5 Å². The van der Waals surface area contributed by atoms with Crippen molar-refractivity contribution in [3.05, 3.63) is 87.7 Å². The number of H-pyrrole nitrogens is 1. The Labute approximate surface area is 228 Å². The molecular weight excluding hydrogens is 490 g/mol. The SMILES string of the molecule is Cc1[nH]c(C=C2C(=O)Nc3ccc(C(=O)N[C@H](C)c4ccccc4)cc32)c(C)c1C(=O)NCCN1CCCC1. The predicted octanol–water partition coefficient (Wildman–Crippen LogP) is 4.44. The Balaban J connectivity index is 1.34. The number of aromatic nitrogens is 1. The average Bonchev–Trinajstić information content (AvgIpc) is 3.62. The number of fused-ring (bicyclic) bond motifs is 1. The van der Waals surface area contributed by atoms with Gasteiger partial charge in [0.05, 0.1) is 17.2 Å². The second kappa shape index (κ2) is 11.3. The van der Waals surface area contributed by atoms with Crippen molar-refractivity contribution >= 4 is 35.1 Å². The standard InChI is InChI=1S/C31H35N5O3/c1-19-27(33-21(3)28(19)31(39)32-13-16-36-14-7-8-15-36)18-25-24-17-23(11-12-26(24)35-30(25)38)29(37)34-20(2)22-9-5-4-6-10-22/h4-6,9-12,17-18,20,33H,7-8,13-16H2,1-3H3,(H,32,39)(H,34,37)(H,35,38)/t20-/m1/s1. The van der Waals surface area contributed by atoms with Crippen LogP contribution in [-0.4, -0.2) is 53.8 Å². The number of anilines is 1. The fourth-order valence-corrected chi connectivity index (χ4v) is 5.40. The number of hydrogen-bond acceptors (Lipinski definition) is 4. The molecule has 0 saturated carbocycles. The highest BCUT2D eigenvalue weighted by Gasteiger charge is 2.27. The van der Waals surface area contributed by atoms with Crippen LogP contribution in [0.15, 0.2) is 48.5 Å². The van der Waals surface area contributed by atoms with Gasteiger partial charge in [-0.1, -0.05) is 30.3 Å². The fraction of sp³-hybridized carbons (Fsp3) is 0.323. The van der Waals surface area contributed by atoms with Crippen molar-refractivity contribution in [1.29, 1.82) is 0 Å². The maximum atomic E-state index is 13.0. The lowest BCUT2D eigenvalue weighted by Crippen LogP contribution is -2.33. The molecule has 202 valence electrons. The first kappa shape index (κ1) is 26.4. The molecule has 0 aliphatic carbocycles. The van der Waals surface area contributed by atoms with Gasteiger partial charge in [-0.05, 0) is 82.1 Å². The van der Waals surface area contributed by atoms with Gasteiger partial charge in [-0.3, -0.25) is 14.4 Å². The Morgan fingerprint density at radius 2 is 1.79 bits per heavy atom. The van der Waals surface area contributed by atoms with E-state index in [9.17, 15) is 14.4 Å². The van der Waals surface area contributed by atoms with Crippen LogP contribution < -0.4 is 16.0 Å². The zero-order chi connectivity index (χ0) is 27.5. The topological polar surface area (TPSA) is 106 Å². The molecule has 0 bridgehead atoms. The molecule has 0 spiro atoms. The Kier molecular flexibility index (Phi) is 7.65. The van der Waals surface area contributed by atoms with Gasteiger partial charge in [0.25, 0.3) is 17.7 Å². The number of carbonyl (C=O) groups excluding carboxylic acids is 3. The molecule has 3 amide bonds. The molecule has 8 heteroatoms. The quantitative estimate of drug-likeness (QED) is 0.326. The summed E-state index contributed by atoms with van der Waals surface area (Å²) >= 11 is 0. The van der Waals surface area contributed by atoms with Gasteiger partial charge in [0.2, 0.25) is 0 Å². The summed E-state index contributed by atoms with van der Waals surface area (Å²) in [6.45, 7) is 9.32. The van der Waals surface area contributed by atoms with Gasteiger partial charge in [-0.25, -0.2) is 0 Å². The van der Waals surface area contributed by atoms with Gasteiger partial charge in [0.1, 0.15) is 0 Å². The minimum atomic E-state index is -0.247. The molecule has 1 fully saturated rings. The summed E-state index contributed by atoms with van der Waals surface area (Å²) in [7, 11) is 0. The summed E-state index contributed by atoms with van der Waals surface area (Å²) in [5, 5.41) is 8.95. The Hall–Kier alpha value is -4.17. The van der Waals surface area contributed by atoms with E-state index in [4.69, 9.17) is 0 Å². The third kappa shape index (κ3) is 5.66. The van der Waals surface area contributed by atoms with E-state index < -0.39 is 0 Å². The minimum Gasteiger partial charge on any atom is -0.358 e. The van der Waals surface area contributed by atoms with Crippen molar-refractivity contribution in [2.24, 2.45) is 0 Å². The van der Waals surface area contributed by atoms with Crippen LogP contribution in [0.25, 0.3) is 11.6 Å². The number of benzene rings is 2. The zero-order valence-corrected chi connectivity index (χ0v) is 22.7. The van der Waals surface area contributed by atoms with E-state index in [0.29, 0.717) is 40.2 Å². The van der Waals surface area contributed by atoms with E-state index in [1.54, 1.807) is 24.3 Å². The average molecular weight is 526 g/mol. The van der Waals surface area contributed by atoms with Gasteiger partial charge >= 0.3 is 0 Å². The van der Waals surface area contributed by atoms with E-state index in [2.05, 4.69) is 25.8 Å². The van der Waals surface area contributed by atoms with E-state index in [0.717, 1.165) is 36.5 Å². The smallest absolute Gasteiger partial charge is 0.256 e. The number of likely N-dealkylation sites (tertiary alicyclic amines) is 1. The molecule has 0 radical (unpaired) electrons. The molecule has 2 aliphatic rings. The number of nitrogens with one attached hydrogen (secondary N) is 4. The van der Waals surface area contributed by atoms with Gasteiger partial charge < -0.3 is 25.8 Å². The number of aromatic amines is 1. The number of amides is 3. The molecule has 3 heterocycles. The normalized spacial score (nSPS) is 16.7. The lowest BCUT2D eigenvalue weighted by molar-refractivity contribution is -0.110. The molecule has 1 atom stereocenters. The summed E-state index contributed by atoms with van der Waals surface area (Å²) in [6.07, 6.45) is 4.20. The largest absolute Gasteiger partial charge is 0.358 e. The molecule has 0 unspecified atom stereocenters. The van der Waals surface area contributed by atoms with Crippen molar-refractivity contribution in [3.63, 3.8) is 0 Å². The first-order valence-corrected chi connectivity index (χ1v) is 13.5. The highest BCUT2D eigenvalue weighted by molar-refractivity contribution is 6.35. The van der Waals surface area contributed by atoms with Crippen LogP contribution >= 0.6 is 0 Å². The Morgan fingerprint density at radius 1 is 1.05 bits per heavy atom. The molecule has 5 rings (SSSR count). The van der Waals surface area contributed by atoms with Crippen LogP contribution in [-0.2, 0) is 4.79 Å². The van der Waals surface area contributed by atoms with Gasteiger partial charge in [-0.2, -0.15) is 0 Å². The summed E-state index contributed by atoms with van der Waals surface area (Å²) in [6, 6.07) is 14.8. The van der Waals surface area contributed by atoms with Crippen LogP contribution in [0, 0.1) is 13.8 Å². The van der Waals surface area contributed by atoms with Gasteiger partial charge in [-0.15, -0.1) is 0 Å². The van der Waals surface area contributed by atoms with Crippen LogP contribution in [0.4, 0.5) is 5.69 Å². The molecule has 39 heavy (non-hydrogen) atoms. The lowest BCUT2D eigenvalue weighted by Gasteiger charge is -2.15. The summed E-state index contributed by atoms with van der Waals surface area (Å²) in [4.78, 5) is 44.6. The van der Waals surface area contributed by atoms with E-state index >= 15 is 0 Å². The third-order valence-electron chi connectivity index (χ3n) is 7.62. The van der Waals surface area contributed by atoms with Gasteiger partial charge in [0.15, 0.2) is 0 Å². The van der Waals surface area contributed by atoms with E-state index in [1.807, 2.05) is 51.1 Å². The maximum absolute atomic E-state index is 13.0. The summed E-state index contributed by atoms with van der Waals surface area (Å²) in [5.41, 5.74) is 6.07. The predicted molar refractivity (Wildman–Crippen MR) is 154 cm³/mol. The number of nitrogens with zero attached hydrogens (tertiary/aromatic N) is 1. The first-order valence-electron chi connectivity index (χ1n) is 13.5. The van der Waals surface area contributed by atoms with Crippen LogP contribution in [0.5, 0.6) is 0 Å². The van der Waals surface area contributed by atoms with Crippen LogP contribution in [0.1, 0.15) is 74.6 Å². The zero-order valence-electron chi connectivity index (χ0n) is 22.7. The summed E-state index contributed by atoms with van der Waals surface area (Å²) < 4.78 is 0. The van der Waals surface area contributed by atoms with Crippen molar-refractivity contribution in [3.8, 4) is 0 Å². The summed E-state index contributed by atoms with van der Waals surface area (Å²) in [5.74, 6) is -0.580. The van der Waals surface area contributed by atoms with Crippen molar-refractivity contribution in [2.45, 2.75) is 39.7 Å². The number of rotatable bonds is 8. The monoisotopic (exact) mass is 525 g/mol. The number of hydrogen-bond donors (Lipinski definition) is 4. The van der Waals surface area contributed by atoms with Crippen molar-refractivity contribution < 1.29 is 14.4 Å². The second-order valence-electron chi connectivity index (χ2n) is 10.3. The molecule has 1 aromatic heterocycles. The minimum absolute atomic E-state index is 0.118.